The molecule has 2 atom stereocenters. The van der Waals surface area contributed by atoms with E-state index in [1.807, 2.05) is 0 Å². The molecule has 1 saturated carbocycles. The van der Waals surface area contributed by atoms with E-state index in [9.17, 15) is 19.2 Å². The summed E-state index contributed by atoms with van der Waals surface area (Å²) in [6.45, 7) is 7.35. The van der Waals surface area contributed by atoms with Gasteiger partial charge in [-0.25, -0.2) is 0 Å². The summed E-state index contributed by atoms with van der Waals surface area (Å²) in [5.41, 5.74) is -2.71. The van der Waals surface area contributed by atoms with Crippen LogP contribution < -0.4 is 9.47 Å². The van der Waals surface area contributed by atoms with Crippen LogP contribution in [-0.4, -0.2) is 50.8 Å². The van der Waals surface area contributed by atoms with Crippen LogP contribution in [0.5, 0.6) is 11.5 Å². The lowest BCUT2D eigenvalue weighted by atomic mass is 9.55. The summed E-state index contributed by atoms with van der Waals surface area (Å²) in [7, 11) is 1.18. The van der Waals surface area contributed by atoms with Crippen LogP contribution in [0.25, 0.3) is 0 Å². The minimum absolute atomic E-state index is 0.00151. The lowest BCUT2D eigenvalue weighted by Crippen LogP contribution is -2.54. The van der Waals surface area contributed by atoms with Crippen molar-refractivity contribution < 1.29 is 42.9 Å². The Bertz CT molecular complexity index is 1020. The number of Topliss-reactive ketones (excluding diaryl/α,β-unsaturated/α-hetero) is 1. The van der Waals surface area contributed by atoms with Gasteiger partial charge in [0.15, 0.2) is 28.1 Å². The summed E-state index contributed by atoms with van der Waals surface area (Å²) in [6.07, 6.45) is -0.458. The Balaban J connectivity index is 1.93. The second kappa shape index (κ2) is 7.65. The average molecular weight is 444 g/mol. The van der Waals surface area contributed by atoms with Crippen molar-refractivity contribution in [3.63, 3.8) is 0 Å². The zero-order chi connectivity index (χ0) is 23.3. The summed E-state index contributed by atoms with van der Waals surface area (Å²) in [5.74, 6) is -2.97. The highest BCUT2D eigenvalue weighted by Gasteiger charge is 2.69. The van der Waals surface area contributed by atoms with E-state index in [0.29, 0.717) is 17.1 Å². The van der Waals surface area contributed by atoms with Crippen LogP contribution in [0, 0.1) is 10.8 Å². The molecule has 32 heavy (non-hydrogen) atoms. The third-order valence-electron chi connectivity index (χ3n) is 6.51. The second-order valence-corrected chi connectivity index (χ2v) is 7.98. The maximum atomic E-state index is 13.7. The first-order valence-corrected chi connectivity index (χ1v) is 10.4. The Kier molecular flexibility index (Phi) is 5.22. The molecular formula is C23H24O9. The zero-order valence-corrected chi connectivity index (χ0v) is 18.1. The van der Waals surface area contributed by atoms with Crippen molar-refractivity contribution in [1.29, 1.82) is 0 Å². The van der Waals surface area contributed by atoms with Crippen molar-refractivity contribution >= 4 is 23.7 Å². The molecule has 0 spiro atoms. The number of ketones is 1. The van der Waals surface area contributed by atoms with E-state index in [-0.39, 0.29) is 44.0 Å². The second-order valence-electron chi connectivity index (χ2n) is 7.98. The first-order valence-electron chi connectivity index (χ1n) is 10.4. The first kappa shape index (κ1) is 21.9. The van der Waals surface area contributed by atoms with Gasteiger partial charge in [-0.15, -0.1) is 0 Å². The Morgan fingerprint density at radius 1 is 1.06 bits per heavy atom. The Hall–Kier alpha value is -3.36. The maximum Gasteiger partial charge on any atom is 0.324 e. The molecule has 170 valence electrons. The van der Waals surface area contributed by atoms with E-state index in [1.165, 1.54) is 13.2 Å². The quantitative estimate of drug-likeness (QED) is 0.292. The molecule has 0 bridgehead atoms. The maximum absolute atomic E-state index is 13.7. The molecule has 0 unspecified atom stereocenters. The van der Waals surface area contributed by atoms with Gasteiger partial charge in [0.2, 0.25) is 6.79 Å². The summed E-state index contributed by atoms with van der Waals surface area (Å²) < 4.78 is 26.3. The average Bonchev–Trinajstić information content (AvgIpc) is 3.33. The standard InChI is InChI=1S/C23H24O9/c1-5-29-19(25)22(20(26)30-6-2)9-12(3)23(21(27)28-4)15(10-22)13-7-16-17(32-11-31-16)8-14(13)18(23)24/h7-8,15H,3,5-6,9-11H2,1-2,4H3/t15-,23+/m1/s1. The molecule has 1 heterocycles. The van der Waals surface area contributed by atoms with Gasteiger partial charge in [-0.05, 0) is 44.4 Å². The fourth-order valence-corrected chi connectivity index (χ4v) is 5.11. The molecule has 0 saturated heterocycles. The molecule has 9 nitrogen and oxygen atoms in total. The van der Waals surface area contributed by atoms with Crippen molar-refractivity contribution in [3.05, 3.63) is 35.4 Å². The van der Waals surface area contributed by atoms with Gasteiger partial charge in [0, 0.05) is 11.5 Å². The van der Waals surface area contributed by atoms with Crippen molar-refractivity contribution in [2.45, 2.75) is 32.6 Å². The summed E-state index contributed by atoms with van der Waals surface area (Å²) in [6, 6.07) is 3.14. The van der Waals surface area contributed by atoms with Crippen LogP contribution in [0.4, 0.5) is 0 Å². The van der Waals surface area contributed by atoms with Crippen LogP contribution in [0.2, 0.25) is 0 Å². The predicted molar refractivity (Wildman–Crippen MR) is 108 cm³/mol. The fourth-order valence-electron chi connectivity index (χ4n) is 5.11. The van der Waals surface area contributed by atoms with Crippen molar-refractivity contribution in [2.75, 3.05) is 27.1 Å². The zero-order valence-electron chi connectivity index (χ0n) is 18.1. The van der Waals surface area contributed by atoms with Crippen LogP contribution in [0.3, 0.4) is 0 Å². The highest BCUT2D eigenvalue weighted by Crippen LogP contribution is 2.63. The van der Waals surface area contributed by atoms with Gasteiger partial charge < -0.3 is 23.7 Å². The molecule has 0 amide bonds. The predicted octanol–water partition coefficient (Wildman–Crippen LogP) is 2.32. The molecule has 9 heteroatoms. The summed E-state index contributed by atoms with van der Waals surface area (Å²) >= 11 is 0. The van der Waals surface area contributed by atoms with E-state index < -0.39 is 40.4 Å². The number of hydrogen-bond donors (Lipinski definition) is 0. The molecule has 0 radical (unpaired) electrons. The monoisotopic (exact) mass is 444 g/mol. The van der Waals surface area contributed by atoms with Gasteiger partial charge in [0.05, 0.1) is 20.3 Å². The summed E-state index contributed by atoms with van der Waals surface area (Å²) in [5, 5.41) is 0. The molecule has 1 aromatic rings. The van der Waals surface area contributed by atoms with Crippen molar-refractivity contribution in [2.24, 2.45) is 10.8 Å². The molecule has 3 aliphatic rings. The number of benzene rings is 1. The highest BCUT2D eigenvalue weighted by molar-refractivity contribution is 6.20. The van der Waals surface area contributed by atoms with Crippen LogP contribution in [-0.2, 0) is 28.6 Å². The lowest BCUT2D eigenvalue weighted by molar-refractivity contribution is -0.177. The van der Waals surface area contributed by atoms with E-state index in [1.54, 1.807) is 19.9 Å². The summed E-state index contributed by atoms with van der Waals surface area (Å²) in [4.78, 5) is 53.0. The van der Waals surface area contributed by atoms with Crippen molar-refractivity contribution in [3.8, 4) is 11.5 Å². The number of hydrogen-bond acceptors (Lipinski definition) is 9. The third kappa shape index (κ3) is 2.69. The SMILES string of the molecule is C=C1CC(C(=O)OCC)(C(=O)OCC)C[C@@H]2c3cc4c(cc3C(=O)[C@]12C(=O)OC)OCO4. The molecule has 4 rings (SSSR count). The van der Waals surface area contributed by atoms with Crippen LogP contribution in [0.1, 0.15) is 48.5 Å². The van der Waals surface area contributed by atoms with Crippen LogP contribution >= 0.6 is 0 Å². The molecule has 0 aromatic heterocycles. The van der Waals surface area contributed by atoms with Gasteiger partial charge in [0.1, 0.15) is 0 Å². The van der Waals surface area contributed by atoms with Gasteiger partial charge >= 0.3 is 17.9 Å². The number of carbonyl (C=O) groups is 4. The number of methoxy groups -OCH3 is 1. The normalized spacial score (nSPS) is 24.4. The Labute approximate surface area is 184 Å². The number of rotatable bonds is 5. The topological polar surface area (TPSA) is 114 Å². The van der Waals surface area contributed by atoms with E-state index in [2.05, 4.69) is 6.58 Å². The van der Waals surface area contributed by atoms with Gasteiger partial charge in [0.25, 0.3) is 0 Å². The molecule has 2 aliphatic carbocycles. The smallest absolute Gasteiger partial charge is 0.324 e. The van der Waals surface area contributed by atoms with Gasteiger partial charge in [-0.2, -0.15) is 0 Å². The van der Waals surface area contributed by atoms with Crippen molar-refractivity contribution in [1.82, 2.24) is 0 Å². The molecule has 1 fully saturated rings. The number of fused-ring (bicyclic) bond motifs is 4. The van der Waals surface area contributed by atoms with E-state index >= 15 is 0 Å². The minimum atomic E-state index is -1.77. The Morgan fingerprint density at radius 3 is 2.22 bits per heavy atom. The number of carbonyl (C=O) groups excluding carboxylic acids is 4. The first-order chi connectivity index (χ1) is 15.3. The minimum Gasteiger partial charge on any atom is -0.468 e. The van der Waals surface area contributed by atoms with Gasteiger partial charge in [-0.1, -0.05) is 12.2 Å². The van der Waals surface area contributed by atoms with Gasteiger partial charge in [-0.3, -0.25) is 19.2 Å². The largest absolute Gasteiger partial charge is 0.468 e. The third-order valence-corrected chi connectivity index (χ3v) is 6.51. The van der Waals surface area contributed by atoms with E-state index in [0.717, 1.165) is 0 Å². The molecule has 0 N–H and O–H groups in total. The fraction of sp³-hybridized carbons (Fsp3) is 0.478. The number of esters is 3. The number of ether oxygens (including phenoxy) is 5. The lowest BCUT2D eigenvalue weighted by Gasteiger charge is -2.44. The Morgan fingerprint density at radius 2 is 1.66 bits per heavy atom. The van der Waals surface area contributed by atoms with E-state index in [4.69, 9.17) is 23.7 Å². The molecular weight excluding hydrogens is 420 g/mol. The highest BCUT2D eigenvalue weighted by atomic mass is 16.7. The molecule has 1 aliphatic heterocycles. The van der Waals surface area contributed by atoms with Crippen LogP contribution in [0.15, 0.2) is 24.3 Å². The molecule has 1 aromatic carbocycles.